The fourth-order valence-electron chi connectivity index (χ4n) is 0.459. The molecule has 0 aliphatic heterocycles. The fourth-order valence-corrected chi connectivity index (χ4v) is 1.01. The zero-order valence-corrected chi connectivity index (χ0v) is 6.65. The first-order chi connectivity index (χ1) is 5.31. The van der Waals surface area contributed by atoms with E-state index in [1.807, 2.05) is 0 Å². The summed E-state index contributed by atoms with van der Waals surface area (Å²) in [4.78, 5) is 10.3. The van der Waals surface area contributed by atoms with E-state index in [1.165, 1.54) is 0 Å². The standard InChI is InChI=1S/C4H8O7S/c5-1-4(2-6,3(7)8)12(9,10)11/h5-6H,1-2H2,(H,7,8)(H,9,10,11). The minimum absolute atomic E-state index is 1.39. The summed E-state index contributed by atoms with van der Waals surface area (Å²) in [6, 6.07) is 0. The summed E-state index contributed by atoms with van der Waals surface area (Å²) >= 11 is 0. The van der Waals surface area contributed by atoms with E-state index in [1.54, 1.807) is 0 Å². The quantitative estimate of drug-likeness (QED) is 0.374. The Kier molecular flexibility index (Phi) is 3.16. The highest BCUT2D eigenvalue weighted by atomic mass is 32.2. The van der Waals surface area contributed by atoms with Crippen LogP contribution in [0.4, 0.5) is 0 Å². The monoisotopic (exact) mass is 200 g/mol. The van der Waals surface area contributed by atoms with Crippen molar-refractivity contribution in [2.75, 3.05) is 13.2 Å². The largest absolute Gasteiger partial charge is 0.480 e. The van der Waals surface area contributed by atoms with Crippen molar-refractivity contribution < 1.29 is 33.1 Å². The Labute approximate surface area is 68.0 Å². The molecule has 0 aromatic carbocycles. The molecule has 0 bridgehead atoms. The van der Waals surface area contributed by atoms with Crippen molar-refractivity contribution in [2.45, 2.75) is 4.75 Å². The zero-order valence-electron chi connectivity index (χ0n) is 5.84. The van der Waals surface area contributed by atoms with Crippen LogP contribution in [0.15, 0.2) is 0 Å². The number of carboxylic acid groups (broad SMARTS) is 1. The van der Waals surface area contributed by atoms with Crippen LogP contribution in [0.2, 0.25) is 0 Å². The van der Waals surface area contributed by atoms with Crippen LogP contribution in [0.5, 0.6) is 0 Å². The molecule has 0 atom stereocenters. The summed E-state index contributed by atoms with van der Waals surface area (Å²) < 4.78 is 26.3. The normalized spacial score (nSPS) is 12.9. The molecule has 0 fully saturated rings. The number of aliphatic carboxylic acids is 1. The number of hydrogen-bond acceptors (Lipinski definition) is 5. The number of carboxylic acids is 1. The molecule has 0 aromatic rings. The molecule has 12 heavy (non-hydrogen) atoms. The molecule has 0 spiro atoms. The average molecular weight is 200 g/mol. The minimum Gasteiger partial charge on any atom is -0.480 e. The molecule has 7 nitrogen and oxygen atoms in total. The van der Waals surface area contributed by atoms with Crippen molar-refractivity contribution in [1.29, 1.82) is 0 Å². The topological polar surface area (TPSA) is 132 Å². The molecule has 0 saturated heterocycles. The molecule has 0 amide bonds. The van der Waals surface area contributed by atoms with E-state index in [4.69, 9.17) is 19.9 Å². The van der Waals surface area contributed by atoms with Gasteiger partial charge < -0.3 is 15.3 Å². The molecular formula is C4H8O7S. The van der Waals surface area contributed by atoms with Gasteiger partial charge in [0.15, 0.2) is 0 Å². The summed E-state index contributed by atoms with van der Waals surface area (Å²) in [7, 11) is -5.03. The minimum atomic E-state index is -5.03. The summed E-state index contributed by atoms with van der Waals surface area (Å²) in [5, 5.41) is 25.1. The lowest BCUT2D eigenvalue weighted by atomic mass is 10.2. The molecular weight excluding hydrogens is 192 g/mol. The number of hydrogen-bond donors (Lipinski definition) is 4. The first kappa shape index (κ1) is 11.3. The molecule has 0 aromatic heterocycles. The number of aliphatic hydroxyl groups excluding tert-OH is 2. The van der Waals surface area contributed by atoms with Gasteiger partial charge in [-0.3, -0.25) is 9.35 Å². The van der Waals surface area contributed by atoms with E-state index in [0.29, 0.717) is 0 Å². The Morgan fingerprint density at radius 3 is 1.58 bits per heavy atom. The van der Waals surface area contributed by atoms with E-state index >= 15 is 0 Å². The smallest absolute Gasteiger partial charge is 0.332 e. The average Bonchev–Trinajstić information content (AvgIpc) is 1.87. The Hall–Kier alpha value is -0.700. The highest BCUT2D eigenvalue weighted by Crippen LogP contribution is 2.15. The van der Waals surface area contributed by atoms with Gasteiger partial charge in [0.2, 0.25) is 4.75 Å². The van der Waals surface area contributed by atoms with Gasteiger partial charge in [-0.15, -0.1) is 0 Å². The predicted molar refractivity (Wildman–Crippen MR) is 36.1 cm³/mol. The van der Waals surface area contributed by atoms with Gasteiger partial charge in [-0.1, -0.05) is 0 Å². The van der Waals surface area contributed by atoms with Crippen LogP contribution in [0, 0.1) is 0 Å². The maximum absolute atomic E-state index is 10.4. The van der Waals surface area contributed by atoms with Crippen molar-refractivity contribution in [3.8, 4) is 0 Å². The van der Waals surface area contributed by atoms with Crippen molar-refractivity contribution in [1.82, 2.24) is 0 Å². The van der Waals surface area contributed by atoms with Crippen molar-refractivity contribution >= 4 is 16.1 Å². The maximum Gasteiger partial charge on any atom is 0.332 e. The second-order valence-corrected chi connectivity index (χ2v) is 3.82. The molecule has 0 rings (SSSR count). The van der Waals surface area contributed by atoms with Crippen LogP contribution < -0.4 is 0 Å². The van der Waals surface area contributed by atoms with Gasteiger partial charge in [-0.25, -0.2) is 0 Å². The van der Waals surface area contributed by atoms with Crippen LogP contribution in [0.3, 0.4) is 0 Å². The number of carbonyl (C=O) groups is 1. The first-order valence-corrected chi connectivity index (χ1v) is 4.18. The molecule has 0 radical (unpaired) electrons. The highest BCUT2D eigenvalue weighted by molar-refractivity contribution is 7.88. The SMILES string of the molecule is O=C(O)C(CO)(CO)S(=O)(=O)O. The van der Waals surface area contributed by atoms with Gasteiger partial charge in [0, 0.05) is 0 Å². The third-order valence-electron chi connectivity index (χ3n) is 1.39. The third-order valence-corrected chi connectivity index (χ3v) is 2.81. The Morgan fingerprint density at radius 1 is 1.25 bits per heavy atom. The lowest BCUT2D eigenvalue weighted by molar-refractivity contribution is -0.142. The van der Waals surface area contributed by atoms with Crippen LogP contribution in [0.25, 0.3) is 0 Å². The van der Waals surface area contributed by atoms with Gasteiger partial charge in [-0.2, -0.15) is 8.42 Å². The maximum atomic E-state index is 10.4. The predicted octanol–water partition coefficient (Wildman–Crippen LogP) is -2.32. The van der Waals surface area contributed by atoms with E-state index in [-0.39, 0.29) is 0 Å². The van der Waals surface area contributed by atoms with Gasteiger partial charge in [-0.05, 0) is 0 Å². The van der Waals surface area contributed by atoms with Gasteiger partial charge >= 0.3 is 5.97 Å². The van der Waals surface area contributed by atoms with Crippen LogP contribution in [0.1, 0.15) is 0 Å². The fraction of sp³-hybridized carbons (Fsp3) is 0.750. The second kappa shape index (κ2) is 3.35. The van der Waals surface area contributed by atoms with E-state index in [0.717, 1.165) is 0 Å². The first-order valence-electron chi connectivity index (χ1n) is 2.74. The lowest BCUT2D eigenvalue weighted by Gasteiger charge is -2.20. The van der Waals surface area contributed by atoms with Gasteiger partial charge in [0.1, 0.15) is 0 Å². The van der Waals surface area contributed by atoms with Gasteiger partial charge in [0.05, 0.1) is 13.2 Å². The van der Waals surface area contributed by atoms with Crippen molar-refractivity contribution in [2.24, 2.45) is 0 Å². The van der Waals surface area contributed by atoms with E-state index < -0.39 is 34.0 Å². The summed E-state index contributed by atoms with van der Waals surface area (Å²) in [6.45, 7) is -2.78. The molecule has 0 saturated carbocycles. The van der Waals surface area contributed by atoms with E-state index in [2.05, 4.69) is 0 Å². The van der Waals surface area contributed by atoms with Crippen LogP contribution >= 0.6 is 0 Å². The summed E-state index contributed by atoms with van der Waals surface area (Å²) in [5.41, 5.74) is 0. The summed E-state index contributed by atoms with van der Waals surface area (Å²) in [6.07, 6.45) is 0. The Bertz CT molecular complexity index is 261. The van der Waals surface area contributed by atoms with Gasteiger partial charge in [0.25, 0.3) is 10.1 Å². The number of rotatable bonds is 4. The second-order valence-electron chi connectivity index (χ2n) is 2.09. The zero-order chi connectivity index (χ0) is 9.99. The van der Waals surface area contributed by atoms with Crippen LogP contribution in [-0.4, -0.2) is 52.2 Å². The Morgan fingerprint density at radius 2 is 1.58 bits per heavy atom. The molecule has 72 valence electrons. The molecule has 4 N–H and O–H groups in total. The van der Waals surface area contributed by atoms with Crippen molar-refractivity contribution in [3.63, 3.8) is 0 Å². The van der Waals surface area contributed by atoms with Crippen molar-refractivity contribution in [3.05, 3.63) is 0 Å². The molecule has 0 heterocycles. The van der Waals surface area contributed by atoms with Crippen LogP contribution in [-0.2, 0) is 14.9 Å². The summed E-state index contributed by atoms with van der Waals surface area (Å²) in [5.74, 6) is -2.00. The molecule has 8 heteroatoms. The highest BCUT2D eigenvalue weighted by Gasteiger charge is 2.50. The lowest BCUT2D eigenvalue weighted by Crippen LogP contribution is -2.52. The third kappa shape index (κ3) is 1.55. The Balaban J connectivity index is 5.27. The molecule has 0 aliphatic carbocycles. The number of aliphatic hydroxyl groups is 2. The molecule has 0 aliphatic rings. The van der Waals surface area contributed by atoms with E-state index in [9.17, 15) is 13.2 Å². The molecule has 0 unspecified atom stereocenters.